The van der Waals surface area contributed by atoms with Gasteiger partial charge in [0.2, 0.25) is 0 Å². The number of hydrogen-bond acceptors (Lipinski definition) is 25. The summed E-state index contributed by atoms with van der Waals surface area (Å²) in [5, 5.41) is 84.1. The molecule has 0 atom stereocenters. The van der Waals surface area contributed by atoms with Crippen LogP contribution in [0.1, 0.15) is 260 Å². The van der Waals surface area contributed by atoms with Crippen molar-refractivity contribution in [2.75, 3.05) is 47.4 Å². The van der Waals surface area contributed by atoms with E-state index in [4.69, 9.17) is 53.4 Å². The molecule has 6 heterocycles. The molecular weight excluding hydrogens is 1810 g/mol. The van der Waals surface area contributed by atoms with Crippen LogP contribution in [0.25, 0.3) is 84.3 Å². The van der Waals surface area contributed by atoms with Gasteiger partial charge in [-0.2, -0.15) is 10.1 Å². The molecule has 0 aliphatic carbocycles. The summed E-state index contributed by atoms with van der Waals surface area (Å²) in [6.45, 7) is 59.4. The number of aliphatic hydroxyl groups excluding tert-OH is 1. The van der Waals surface area contributed by atoms with Gasteiger partial charge in [0.15, 0.2) is 17.5 Å². The van der Waals surface area contributed by atoms with Crippen LogP contribution in [0.15, 0.2) is 164 Å². The maximum absolute atomic E-state index is 11.2. The average molecular weight is 1960 g/mol. The molecule has 2 aliphatic heterocycles. The van der Waals surface area contributed by atoms with E-state index in [9.17, 15) is 30.0 Å². The number of carbonyl (C=O) groups is 2. The van der Waals surface area contributed by atoms with Gasteiger partial charge in [-0.1, -0.05) is 192 Å². The third kappa shape index (κ3) is 30.7. The van der Waals surface area contributed by atoms with E-state index in [0.717, 1.165) is 152 Å². The van der Waals surface area contributed by atoms with Gasteiger partial charge in [0.1, 0.15) is 97.9 Å². The van der Waals surface area contributed by atoms with Gasteiger partial charge in [-0.05, 0) is 238 Å². The minimum Gasteiger partial charge on any atom is -0.507 e. The second-order valence-corrected chi connectivity index (χ2v) is 43.5. The Morgan fingerprint density at radius 2 is 0.720 bits per heavy atom. The van der Waals surface area contributed by atoms with Crippen molar-refractivity contribution in [3.63, 3.8) is 0 Å². The highest BCUT2D eigenvalue weighted by Gasteiger charge is 2.49. The molecule has 13 aromatic rings. The molecule has 15 rings (SSSR count). The molecular formula is C114H156N14O15. The van der Waals surface area contributed by atoms with E-state index in [0.29, 0.717) is 72.1 Å². The van der Waals surface area contributed by atoms with Crippen LogP contribution >= 0.6 is 0 Å². The van der Waals surface area contributed by atoms with E-state index in [1.165, 1.54) is 39.4 Å². The lowest BCUT2D eigenvalue weighted by molar-refractivity contribution is -0.278. The van der Waals surface area contributed by atoms with Crippen molar-refractivity contribution in [1.29, 1.82) is 0 Å². The number of carbonyl (C=O) groups excluding carboxylic acids is 2. The molecule has 0 unspecified atom stereocenters. The molecule has 7 N–H and O–H groups in total. The SMILES string of the molecule is CC(C)(C)c1cc(CCCOCOCCCc2cc(-n3nc4ccccc4n3)c(O)c(C(C)(C)C)c2)cc(-n2nc3ccccc3n2)c1O.CC(C)C(C)C.CON1C(C)(C)CC(OC(C)=O)CC1(C)C.CON1C(C)(C)CC(OC(C)=O)CC1(C)C.Cc1cc(-n2nc3ccccc3n2)c(O)c(C(C)(C)C)c1.Cc1ccc(-c2nc(-c3ccc(C)cc3C)nc(-c3ccc(OCCCO)cc3O)n2)c(C)c1.O. The molecule has 0 radical (unpaired) electrons. The van der Waals surface area contributed by atoms with Crippen molar-refractivity contribution in [2.24, 2.45) is 11.8 Å². The summed E-state index contributed by atoms with van der Waals surface area (Å²) in [6, 6.07) is 52.4. The van der Waals surface area contributed by atoms with E-state index in [2.05, 4.69) is 214 Å². The molecule has 0 bridgehead atoms. The summed E-state index contributed by atoms with van der Waals surface area (Å²) in [7, 11) is 3.38. The second-order valence-electron chi connectivity index (χ2n) is 43.5. The third-order valence-corrected chi connectivity index (χ3v) is 25.3. The average Bonchev–Trinajstić information content (AvgIpc) is 1.12. The lowest BCUT2D eigenvalue weighted by atomic mass is 9.80. The quantitative estimate of drug-likeness (QED) is 0.0201. The number of aromatic hydroxyl groups is 4. The van der Waals surface area contributed by atoms with E-state index in [1.807, 2.05) is 152 Å². The molecule has 0 spiro atoms. The van der Waals surface area contributed by atoms with Crippen LogP contribution in [0, 0.1) is 46.5 Å². The van der Waals surface area contributed by atoms with Gasteiger partial charge >= 0.3 is 11.9 Å². The first-order chi connectivity index (χ1) is 66.6. The van der Waals surface area contributed by atoms with Gasteiger partial charge in [-0.15, -0.1) is 45.0 Å². The first-order valence-electron chi connectivity index (χ1n) is 49.3. The van der Waals surface area contributed by atoms with Gasteiger partial charge in [-0.25, -0.2) is 15.0 Å². The lowest BCUT2D eigenvalue weighted by Crippen LogP contribution is -2.61. The lowest BCUT2D eigenvalue weighted by Gasteiger charge is -2.52. The van der Waals surface area contributed by atoms with Crippen molar-refractivity contribution < 1.29 is 74.0 Å². The van der Waals surface area contributed by atoms with Gasteiger partial charge in [0.05, 0.1) is 26.4 Å². The third-order valence-electron chi connectivity index (χ3n) is 25.3. The van der Waals surface area contributed by atoms with E-state index in [1.54, 1.807) is 32.4 Å². The van der Waals surface area contributed by atoms with Crippen molar-refractivity contribution in [2.45, 2.75) is 302 Å². The number of fused-ring (bicyclic) bond motifs is 3. The van der Waals surface area contributed by atoms with E-state index >= 15 is 0 Å². The maximum atomic E-state index is 11.2. The number of ether oxygens (including phenoxy) is 5. The summed E-state index contributed by atoms with van der Waals surface area (Å²) < 4.78 is 27.9. The standard InChI is InChI=1S/C39H46N6O4.C28H29N3O3.C17H19N3O.2C12H23NO3.C6H14.H2O/c1-38(2,3)28-21-26(23-34(36(28)46)44-40-30-15-7-8-16-31(30)41-44)13-11-19-48-25-49-20-12-14-27-22-29(39(4,5)6)37(47)35(24-27)45-42-32-17-9-10-18-33(32)43-45;1-17-6-9-22(19(3)14-17)26-29-27(23-10-7-18(2)15-20(23)4)31-28(30-26)24-11-8-21(16-25(24)33)34-13-5-12-32;1-11-9-12(17(2,3)4)16(21)15(10-11)20-18-13-7-5-6-8-14(13)19-20;2*1-9(14)16-10-7-11(2,3)13(15-6)12(4,5)8-10;1-5(2)6(3)4;/h7-10,15-18,21-24,46-47H,11-14,19-20,25H2,1-6H3;6-11,14-16,32-33H,5,12-13H2,1-4H3;5-10,21H,1-4H3;2*10H,7-8H2,1-6H3;5-6H,1-4H3;1H2. The van der Waals surface area contributed by atoms with Crippen LogP contribution < -0.4 is 4.74 Å². The molecule has 2 aliphatic rings. The largest absolute Gasteiger partial charge is 0.507 e. The number of esters is 2. The highest BCUT2D eigenvalue weighted by molar-refractivity contribution is 5.77. The van der Waals surface area contributed by atoms with Gasteiger partial charge in [-0.3, -0.25) is 9.59 Å². The van der Waals surface area contributed by atoms with Crippen molar-refractivity contribution in [3.05, 3.63) is 219 Å². The van der Waals surface area contributed by atoms with Gasteiger partial charge in [0.25, 0.3) is 0 Å². The van der Waals surface area contributed by atoms with Crippen LogP contribution in [0.3, 0.4) is 0 Å². The number of benzene rings is 9. The monoisotopic (exact) mass is 1960 g/mol. The molecule has 2 saturated heterocycles. The van der Waals surface area contributed by atoms with Crippen LogP contribution in [0.5, 0.6) is 28.7 Å². The minimum atomic E-state index is -0.257. The topological polar surface area (TPSA) is 369 Å². The summed E-state index contributed by atoms with van der Waals surface area (Å²) in [5.41, 5.74) is 18.0. The Labute approximate surface area is 845 Å². The highest BCUT2D eigenvalue weighted by Crippen LogP contribution is 2.45. The molecule has 4 aromatic heterocycles. The Bertz CT molecular complexity index is 6020. The fourth-order valence-electron chi connectivity index (χ4n) is 18.3. The number of hydroxylamine groups is 4. The predicted octanol–water partition coefficient (Wildman–Crippen LogP) is 22.8. The number of phenols is 4. The van der Waals surface area contributed by atoms with Crippen LogP contribution in [-0.2, 0) is 67.3 Å². The van der Waals surface area contributed by atoms with Crippen molar-refractivity contribution in [3.8, 4) is 80.0 Å². The number of aryl methyl sites for hydroxylation is 7. The number of hydrogen-bond donors (Lipinski definition) is 5. The Morgan fingerprint density at radius 3 is 1.01 bits per heavy atom. The molecule has 0 amide bonds. The second kappa shape index (κ2) is 48.9. The number of phenolic OH excluding ortho intramolecular Hbond substituents is 4. The minimum absolute atomic E-state index is 0. The first kappa shape index (κ1) is 114. The van der Waals surface area contributed by atoms with Crippen LogP contribution in [0.2, 0.25) is 0 Å². The molecule has 9 aromatic carbocycles. The Balaban J connectivity index is 0.000000210. The van der Waals surface area contributed by atoms with Gasteiger partial charge < -0.3 is 64.4 Å². The summed E-state index contributed by atoms with van der Waals surface area (Å²) in [5.74, 6) is 3.98. The van der Waals surface area contributed by atoms with Gasteiger partial charge in [0, 0.05) is 122 Å². The molecule has 2 fully saturated rings. The summed E-state index contributed by atoms with van der Waals surface area (Å²) in [4.78, 5) is 51.9. The smallest absolute Gasteiger partial charge is 0.302 e. The number of piperidine rings is 2. The van der Waals surface area contributed by atoms with Crippen LogP contribution in [-0.4, -0.2) is 195 Å². The predicted molar refractivity (Wildman–Crippen MR) is 567 cm³/mol. The Hall–Kier alpha value is -12.2. The summed E-state index contributed by atoms with van der Waals surface area (Å²) in [6.07, 6.45) is 6.81. The number of nitrogens with zero attached hydrogens (tertiary/aromatic N) is 14. The van der Waals surface area contributed by atoms with E-state index in [-0.39, 0.29) is 104 Å². The first-order valence-corrected chi connectivity index (χ1v) is 49.3. The zero-order valence-electron chi connectivity index (χ0n) is 90.0. The zero-order chi connectivity index (χ0) is 104. The Morgan fingerprint density at radius 1 is 0.406 bits per heavy atom. The van der Waals surface area contributed by atoms with Crippen LogP contribution in [0.4, 0.5) is 0 Å². The van der Waals surface area contributed by atoms with E-state index < -0.39 is 0 Å². The number of aliphatic hydroxyl groups is 1. The molecule has 29 heteroatoms. The number of rotatable bonds is 25. The fraction of sp³-hybridized carbons (Fsp3) is 0.482. The molecule has 29 nitrogen and oxygen atoms in total. The Kier molecular flexibility index (Phi) is 39.1. The van der Waals surface area contributed by atoms with Crippen molar-refractivity contribution >= 4 is 45.0 Å². The molecule has 143 heavy (non-hydrogen) atoms. The normalized spacial score (nSPS) is 14.7. The number of aromatic nitrogens is 12. The maximum Gasteiger partial charge on any atom is 0.302 e. The highest BCUT2D eigenvalue weighted by atomic mass is 16.7. The summed E-state index contributed by atoms with van der Waals surface area (Å²) >= 11 is 0. The van der Waals surface area contributed by atoms with Crippen molar-refractivity contribution in [1.82, 2.24) is 70.1 Å². The fourth-order valence-corrected chi connectivity index (χ4v) is 18.3. The zero-order valence-corrected chi connectivity index (χ0v) is 90.0. The molecule has 0 saturated carbocycles. The molecule has 772 valence electrons.